The summed E-state index contributed by atoms with van der Waals surface area (Å²) in [7, 11) is 0. The van der Waals surface area contributed by atoms with E-state index < -0.39 is 15.8 Å². The van der Waals surface area contributed by atoms with Crippen LogP contribution in [0.1, 0.15) is 43.7 Å². The second-order valence-corrected chi connectivity index (χ2v) is 8.43. The van der Waals surface area contributed by atoms with Gasteiger partial charge < -0.3 is 15.3 Å². The van der Waals surface area contributed by atoms with Gasteiger partial charge in [0.1, 0.15) is 5.78 Å². The smallest absolute Gasteiger partial charge is 0.161 e. The number of benzene rings is 1. The molecule has 0 heterocycles. The summed E-state index contributed by atoms with van der Waals surface area (Å²) in [6.07, 6.45) is 2.99. The van der Waals surface area contributed by atoms with Gasteiger partial charge in [0.15, 0.2) is 11.5 Å². The summed E-state index contributed by atoms with van der Waals surface area (Å²) in [6, 6.07) is 3.33. The Hall–Kier alpha value is -1.07. The van der Waals surface area contributed by atoms with Crippen LogP contribution in [0.25, 0.3) is 0 Å². The number of ketones is 1. The summed E-state index contributed by atoms with van der Waals surface area (Å²) in [4.78, 5) is 11.9. The van der Waals surface area contributed by atoms with E-state index in [0.29, 0.717) is 37.2 Å². The Balaban J connectivity index is 2.07. The van der Waals surface area contributed by atoms with E-state index in [-0.39, 0.29) is 23.2 Å². The van der Waals surface area contributed by atoms with Crippen molar-refractivity contribution >= 4 is 21.7 Å². The van der Waals surface area contributed by atoms with E-state index in [1.54, 1.807) is 0 Å². The van der Waals surface area contributed by atoms with E-state index in [4.69, 9.17) is 0 Å². The number of carbonyl (C=O) groups excluding carboxylic acids is 1. The standard InChI is InChI=1S/C18H21BrO4/c1-9-4-6-17-14-10(2-3-12(20)15(14)22)8-11(9)18(17,23)7-5-13(21)16(17)19/h2-3,9,11,16,20,22-23H,4-8H2,1H3/t9?,11-,16?,17?,18+/m0/s1. The van der Waals surface area contributed by atoms with Crippen molar-refractivity contribution in [2.75, 3.05) is 0 Å². The van der Waals surface area contributed by atoms with Crippen LogP contribution in [0.5, 0.6) is 11.5 Å². The summed E-state index contributed by atoms with van der Waals surface area (Å²) < 4.78 is 0. The van der Waals surface area contributed by atoms with Gasteiger partial charge in [0, 0.05) is 17.4 Å². The molecule has 3 unspecified atom stereocenters. The van der Waals surface area contributed by atoms with Gasteiger partial charge >= 0.3 is 0 Å². The fraction of sp³-hybridized carbons (Fsp3) is 0.611. The number of rotatable bonds is 0. The third-order valence-electron chi connectivity index (χ3n) is 6.66. The molecule has 2 saturated carbocycles. The van der Waals surface area contributed by atoms with Gasteiger partial charge in [-0.15, -0.1) is 0 Å². The monoisotopic (exact) mass is 380 g/mol. The Bertz CT molecular complexity index is 703. The topological polar surface area (TPSA) is 77.8 Å². The number of phenols is 2. The predicted octanol–water partition coefficient (Wildman–Crippen LogP) is 2.80. The van der Waals surface area contributed by atoms with E-state index >= 15 is 0 Å². The molecule has 0 spiro atoms. The summed E-state index contributed by atoms with van der Waals surface area (Å²) in [5, 5.41) is 32.3. The van der Waals surface area contributed by atoms with Crippen LogP contribution in [0.2, 0.25) is 0 Å². The molecule has 1 aromatic rings. The summed E-state index contributed by atoms with van der Waals surface area (Å²) >= 11 is 3.56. The number of halogens is 1. The maximum atomic E-state index is 12.5. The quantitative estimate of drug-likeness (QED) is 0.477. The molecule has 0 aliphatic heterocycles. The lowest BCUT2D eigenvalue weighted by Gasteiger charge is -2.63. The zero-order valence-electron chi connectivity index (χ0n) is 13.1. The lowest BCUT2D eigenvalue weighted by atomic mass is 9.44. The Morgan fingerprint density at radius 3 is 2.74 bits per heavy atom. The normalized spacial score (nSPS) is 42.0. The SMILES string of the molecule is CC1CCC23c4c(ccc(O)c4O)C[C@@H]1[C@]2(O)CCC(=O)C3Br. The van der Waals surface area contributed by atoms with Gasteiger partial charge in [-0.3, -0.25) is 4.79 Å². The van der Waals surface area contributed by atoms with Gasteiger partial charge in [-0.1, -0.05) is 28.9 Å². The lowest BCUT2D eigenvalue weighted by Crippen LogP contribution is -2.70. The first-order valence-electron chi connectivity index (χ1n) is 8.26. The molecular weight excluding hydrogens is 360 g/mol. The van der Waals surface area contributed by atoms with Crippen molar-refractivity contribution in [1.82, 2.24) is 0 Å². The van der Waals surface area contributed by atoms with Gasteiger partial charge in [0.05, 0.1) is 10.4 Å². The Labute approximate surface area is 143 Å². The van der Waals surface area contributed by atoms with Gasteiger partial charge in [0.25, 0.3) is 0 Å². The van der Waals surface area contributed by atoms with Gasteiger partial charge in [-0.25, -0.2) is 0 Å². The minimum atomic E-state index is -1.02. The zero-order chi connectivity index (χ0) is 16.6. The molecule has 4 nitrogen and oxygen atoms in total. The van der Waals surface area contributed by atoms with E-state index in [2.05, 4.69) is 22.9 Å². The molecule has 3 aliphatic carbocycles. The van der Waals surface area contributed by atoms with Gasteiger partial charge in [-0.05, 0) is 49.1 Å². The maximum Gasteiger partial charge on any atom is 0.161 e. The number of fused-ring (bicyclic) bond motifs is 1. The number of Topliss-reactive ketones (excluding diaryl/α,β-unsaturated/α-hetero) is 1. The highest BCUT2D eigenvalue weighted by atomic mass is 79.9. The molecule has 2 bridgehead atoms. The van der Waals surface area contributed by atoms with E-state index in [1.165, 1.54) is 6.07 Å². The fourth-order valence-electron chi connectivity index (χ4n) is 5.51. The minimum absolute atomic E-state index is 0.0681. The number of alkyl halides is 1. The van der Waals surface area contributed by atoms with Crippen LogP contribution in [0.3, 0.4) is 0 Å². The van der Waals surface area contributed by atoms with Crippen molar-refractivity contribution in [1.29, 1.82) is 0 Å². The van der Waals surface area contributed by atoms with Crippen molar-refractivity contribution < 1.29 is 20.1 Å². The van der Waals surface area contributed by atoms with Crippen molar-refractivity contribution in [2.24, 2.45) is 11.8 Å². The minimum Gasteiger partial charge on any atom is -0.504 e. The van der Waals surface area contributed by atoms with Crippen LogP contribution in [0.15, 0.2) is 12.1 Å². The average Bonchev–Trinajstić information content (AvgIpc) is 2.51. The van der Waals surface area contributed by atoms with Crippen molar-refractivity contribution in [2.45, 2.75) is 54.9 Å². The number of carbonyl (C=O) groups is 1. The number of hydrogen-bond acceptors (Lipinski definition) is 4. The number of aliphatic hydroxyl groups is 1. The van der Waals surface area contributed by atoms with Gasteiger partial charge in [-0.2, -0.15) is 0 Å². The maximum absolute atomic E-state index is 12.5. The summed E-state index contributed by atoms with van der Waals surface area (Å²) in [5.41, 5.74) is -0.347. The van der Waals surface area contributed by atoms with Gasteiger partial charge in [0.2, 0.25) is 0 Å². The third kappa shape index (κ3) is 1.67. The van der Waals surface area contributed by atoms with Crippen LogP contribution in [-0.4, -0.2) is 31.5 Å². The molecular formula is C18H21BrO4. The second kappa shape index (κ2) is 4.73. The molecule has 2 fully saturated rings. The third-order valence-corrected chi connectivity index (χ3v) is 7.96. The Morgan fingerprint density at radius 1 is 1.26 bits per heavy atom. The van der Waals surface area contributed by atoms with Crippen LogP contribution in [-0.2, 0) is 16.6 Å². The van der Waals surface area contributed by atoms with E-state index in [9.17, 15) is 20.1 Å². The molecule has 0 saturated heterocycles. The highest BCUT2D eigenvalue weighted by molar-refractivity contribution is 9.10. The van der Waals surface area contributed by atoms with Crippen LogP contribution in [0, 0.1) is 11.8 Å². The molecule has 5 heteroatoms. The molecule has 3 N–H and O–H groups in total. The average molecular weight is 381 g/mol. The molecule has 23 heavy (non-hydrogen) atoms. The summed E-state index contributed by atoms with van der Waals surface area (Å²) in [5.74, 6) is 0.146. The van der Waals surface area contributed by atoms with Crippen molar-refractivity contribution in [3.63, 3.8) is 0 Å². The first kappa shape index (κ1) is 15.5. The number of aromatic hydroxyl groups is 2. The Morgan fingerprint density at radius 2 is 2.00 bits per heavy atom. The number of hydrogen-bond donors (Lipinski definition) is 3. The molecule has 0 radical (unpaired) electrons. The van der Waals surface area contributed by atoms with E-state index in [0.717, 1.165) is 12.0 Å². The fourth-order valence-corrected chi connectivity index (χ4v) is 6.59. The van der Waals surface area contributed by atoms with Crippen LogP contribution >= 0.6 is 15.9 Å². The molecule has 5 atom stereocenters. The van der Waals surface area contributed by atoms with Crippen LogP contribution in [0.4, 0.5) is 0 Å². The first-order chi connectivity index (χ1) is 10.8. The second-order valence-electron chi connectivity index (χ2n) is 7.52. The van der Waals surface area contributed by atoms with Crippen molar-refractivity contribution in [3.05, 3.63) is 23.3 Å². The largest absolute Gasteiger partial charge is 0.504 e. The molecule has 124 valence electrons. The number of phenolic OH excluding ortho intramolecular Hbond substituents is 2. The summed E-state index contributed by atoms with van der Waals surface area (Å²) in [6.45, 7) is 2.16. The lowest BCUT2D eigenvalue weighted by molar-refractivity contribution is -0.167. The van der Waals surface area contributed by atoms with Crippen molar-refractivity contribution in [3.8, 4) is 11.5 Å². The highest BCUT2D eigenvalue weighted by Crippen LogP contribution is 2.65. The molecule has 4 rings (SSSR count). The molecule has 1 aromatic carbocycles. The van der Waals surface area contributed by atoms with E-state index in [1.807, 2.05) is 6.07 Å². The predicted molar refractivity (Wildman–Crippen MR) is 88.9 cm³/mol. The first-order valence-corrected chi connectivity index (χ1v) is 9.18. The molecule has 0 amide bonds. The van der Waals surface area contributed by atoms with Crippen LogP contribution < -0.4 is 0 Å². The zero-order valence-corrected chi connectivity index (χ0v) is 14.6. The molecule has 3 aliphatic rings. The molecule has 0 aromatic heterocycles. The highest BCUT2D eigenvalue weighted by Gasteiger charge is 2.68. The Kier molecular flexibility index (Phi) is 3.18.